The van der Waals surface area contributed by atoms with E-state index in [-0.39, 0.29) is 27.3 Å². The van der Waals surface area contributed by atoms with Crippen molar-refractivity contribution in [3.8, 4) is 11.5 Å². The average Bonchev–Trinajstić information content (AvgIpc) is 2.82. The Bertz CT molecular complexity index is 995. The summed E-state index contributed by atoms with van der Waals surface area (Å²) in [5.74, 6) is 1.15. The van der Waals surface area contributed by atoms with Crippen LogP contribution in [0.3, 0.4) is 0 Å². The van der Waals surface area contributed by atoms with E-state index in [1.165, 1.54) is 50.2 Å². The molecule has 3 rings (SSSR count). The number of ether oxygens (including phenoxy) is 2. The monoisotopic (exact) mass is 428 g/mol. The molecule has 0 atom stereocenters. The molecule has 144 valence electrons. The van der Waals surface area contributed by atoms with Crippen molar-refractivity contribution in [3.05, 3.63) is 35.4 Å². The minimum absolute atomic E-state index is 0.00186. The highest BCUT2D eigenvalue weighted by molar-refractivity contribution is 7.99. The lowest BCUT2D eigenvalue weighted by Crippen LogP contribution is -2.15. The molecule has 1 aliphatic rings. The second-order valence-electron chi connectivity index (χ2n) is 5.60. The van der Waals surface area contributed by atoms with Crippen molar-refractivity contribution in [2.24, 2.45) is 0 Å². The van der Waals surface area contributed by atoms with Gasteiger partial charge in [0.05, 0.1) is 29.8 Å². The van der Waals surface area contributed by atoms with E-state index in [0.29, 0.717) is 23.6 Å². The van der Waals surface area contributed by atoms with Crippen molar-refractivity contribution in [2.45, 2.75) is 16.2 Å². The van der Waals surface area contributed by atoms with Gasteiger partial charge in [-0.05, 0) is 18.2 Å². The highest BCUT2D eigenvalue weighted by atomic mass is 35.5. The lowest BCUT2D eigenvalue weighted by molar-refractivity contribution is -0.115. The van der Waals surface area contributed by atoms with Crippen molar-refractivity contribution in [2.75, 3.05) is 30.0 Å². The van der Waals surface area contributed by atoms with Crippen LogP contribution in [0.1, 0.15) is 6.42 Å². The zero-order valence-electron chi connectivity index (χ0n) is 14.5. The van der Waals surface area contributed by atoms with Crippen LogP contribution in [0.25, 0.3) is 0 Å². The number of sulfonamides is 1. The van der Waals surface area contributed by atoms with Crippen LogP contribution in [-0.4, -0.2) is 34.3 Å². The second-order valence-corrected chi connectivity index (χ2v) is 8.82. The Morgan fingerprint density at radius 2 is 1.96 bits per heavy atom. The van der Waals surface area contributed by atoms with E-state index in [4.69, 9.17) is 21.1 Å². The van der Waals surface area contributed by atoms with Crippen LogP contribution in [0.15, 0.2) is 40.1 Å². The van der Waals surface area contributed by atoms with E-state index in [1.807, 2.05) is 0 Å². The molecule has 0 aliphatic carbocycles. The second kappa shape index (κ2) is 7.87. The molecule has 1 heterocycles. The number of methoxy groups -OCH3 is 2. The Balaban J connectivity index is 1.98. The number of benzene rings is 2. The van der Waals surface area contributed by atoms with Crippen molar-refractivity contribution < 1.29 is 22.7 Å². The zero-order valence-corrected chi connectivity index (χ0v) is 16.9. The number of thioether (sulfide) groups is 1. The van der Waals surface area contributed by atoms with Crippen LogP contribution < -0.4 is 19.5 Å². The molecular formula is C17H17ClN2O5S2. The van der Waals surface area contributed by atoms with Gasteiger partial charge in [-0.15, -0.1) is 11.8 Å². The third-order valence-corrected chi connectivity index (χ3v) is 6.56. The predicted molar refractivity (Wildman–Crippen MR) is 106 cm³/mol. The Morgan fingerprint density at radius 1 is 1.19 bits per heavy atom. The van der Waals surface area contributed by atoms with Crippen LogP contribution in [0, 0.1) is 0 Å². The number of amides is 1. The molecule has 7 nitrogen and oxygen atoms in total. The van der Waals surface area contributed by atoms with Gasteiger partial charge in [-0.1, -0.05) is 11.6 Å². The first-order valence-corrected chi connectivity index (χ1v) is 10.7. The van der Waals surface area contributed by atoms with Gasteiger partial charge in [0.1, 0.15) is 17.2 Å². The average molecular weight is 429 g/mol. The van der Waals surface area contributed by atoms with Gasteiger partial charge in [0.2, 0.25) is 5.91 Å². The maximum absolute atomic E-state index is 12.9. The number of halogens is 1. The van der Waals surface area contributed by atoms with Gasteiger partial charge >= 0.3 is 0 Å². The van der Waals surface area contributed by atoms with Crippen molar-refractivity contribution in [3.63, 3.8) is 0 Å². The van der Waals surface area contributed by atoms with Crippen LogP contribution in [0.4, 0.5) is 11.4 Å². The molecule has 0 spiro atoms. The van der Waals surface area contributed by atoms with Crippen LogP contribution in [0.2, 0.25) is 5.02 Å². The smallest absolute Gasteiger partial charge is 0.262 e. The Labute approximate surface area is 166 Å². The lowest BCUT2D eigenvalue weighted by Gasteiger charge is -2.15. The lowest BCUT2D eigenvalue weighted by atomic mass is 10.3. The third-order valence-electron chi connectivity index (χ3n) is 3.84. The van der Waals surface area contributed by atoms with Crippen LogP contribution >= 0.6 is 23.4 Å². The number of anilines is 2. The highest BCUT2D eigenvalue weighted by Crippen LogP contribution is 2.39. The van der Waals surface area contributed by atoms with Crippen LogP contribution in [-0.2, 0) is 14.8 Å². The number of nitrogens with one attached hydrogen (secondary N) is 2. The van der Waals surface area contributed by atoms with Gasteiger partial charge in [-0.25, -0.2) is 8.42 Å². The quantitative estimate of drug-likeness (QED) is 0.755. The molecule has 0 bridgehead atoms. The first-order valence-electron chi connectivity index (χ1n) is 7.85. The number of hydrogen-bond acceptors (Lipinski definition) is 6. The summed E-state index contributed by atoms with van der Waals surface area (Å²) in [6, 6.07) is 7.59. The summed E-state index contributed by atoms with van der Waals surface area (Å²) < 4.78 is 38.5. The van der Waals surface area contributed by atoms with E-state index in [9.17, 15) is 13.2 Å². The van der Waals surface area contributed by atoms with E-state index < -0.39 is 10.0 Å². The SMILES string of the molecule is COc1cc(Cl)c(NS(=O)(=O)c2ccc3c(c2)NC(=O)CCS3)c(OC)c1. The summed E-state index contributed by atoms with van der Waals surface area (Å²) in [7, 11) is -1.10. The first-order chi connectivity index (χ1) is 12.8. The molecule has 0 saturated carbocycles. The van der Waals surface area contributed by atoms with E-state index in [1.54, 1.807) is 6.07 Å². The molecule has 0 radical (unpaired) electrons. The molecule has 2 aromatic rings. The number of fused-ring (bicyclic) bond motifs is 1. The van der Waals surface area contributed by atoms with Crippen LogP contribution in [0.5, 0.6) is 11.5 Å². The maximum Gasteiger partial charge on any atom is 0.262 e. The standard InChI is InChI=1S/C17H17ClN2O5S2/c1-24-10-7-12(18)17(14(8-10)25-2)20-27(22,23)11-3-4-15-13(9-11)19-16(21)5-6-26-15/h3-4,7-9,20H,5-6H2,1-2H3,(H,19,21). The van der Waals surface area contributed by atoms with Gasteiger partial charge in [-0.3, -0.25) is 9.52 Å². The topological polar surface area (TPSA) is 93.7 Å². The number of carbonyl (C=O) groups is 1. The molecule has 0 fully saturated rings. The van der Waals surface area contributed by atoms with E-state index in [0.717, 1.165) is 4.90 Å². The Kier molecular flexibility index (Phi) is 5.73. The summed E-state index contributed by atoms with van der Waals surface area (Å²) in [5.41, 5.74) is 0.575. The third kappa shape index (κ3) is 4.26. The largest absolute Gasteiger partial charge is 0.497 e. The molecule has 0 aromatic heterocycles. The zero-order chi connectivity index (χ0) is 19.6. The highest BCUT2D eigenvalue weighted by Gasteiger charge is 2.22. The van der Waals surface area contributed by atoms with Crippen molar-refractivity contribution in [1.29, 1.82) is 0 Å². The molecule has 0 saturated heterocycles. The van der Waals surface area contributed by atoms with Gasteiger partial charge in [-0.2, -0.15) is 0 Å². The van der Waals surface area contributed by atoms with Crippen molar-refractivity contribution in [1.82, 2.24) is 0 Å². The molecule has 10 heteroatoms. The summed E-state index contributed by atoms with van der Waals surface area (Å²) in [6.07, 6.45) is 0.373. The first kappa shape index (κ1) is 19.7. The predicted octanol–water partition coefficient (Wildman–Crippen LogP) is 3.59. The normalized spacial score (nSPS) is 14.0. The fraction of sp³-hybridized carbons (Fsp3) is 0.235. The number of hydrogen-bond donors (Lipinski definition) is 2. The van der Waals surface area contributed by atoms with Gasteiger partial charge in [0.25, 0.3) is 10.0 Å². The summed E-state index contributed by atoms with van der Waals surface area (Å²) in [5, 5.41) is 2.86. The summed E-state index contributed by atoms with van der Waals surface area (Å²) >= 11 is 7.69. The molecular weight excluding hydrogens is 412 g/mol. The van der Waals surface area contributed by atoms with E-state index in [2.05, 4.69) is 10.0 Å². The van der Waals surface area contributed by atoms with Gasteiger partial charge in [0.15, 0.2) is 0 Å². The molecule has 1 amide bonds. The van der Waals surface area contributed by atoms with Gasteiger partial charge in [0, 0.05) is 29.2 Å². The number of rotatable bonds is 5. The molecule has 2 N–H and O–H groups in total. The fourth-order valence-corrected chi connectivity index (χ4v) is 4.85. The fourth-order valence-electron chi connectivity index (χ4n) is 2.50. The maximum atomic E-state index is 12.9. The van der Waals surface area contributed by atoms with E-state index >= 15 is 0 Å². The minimum atomic E-state index is -3.97. The summed E-state index contributed by atoms with van der Waals surface area (Å²) in [4.78, 5) is 12.6. The Hall–Kier alpha value is -2.10. The Morgan fingerprint density at radius 3 is 2.67 bits per heavy atom. The molecule has 2 aromatic carbocycles. The minimum Gasteiger partial charge on any atom is -0.497 e. The molecule has 1 aliphatic heterocycles. The number of carbonyl (C=O) groups excluding carboxylic acids is 1. The summed E-state index contributed by atoms with van der Waals surface area (Å²) in [6.45, 7) is 0. The van der Waals surface area contributed by atoms with Gasteiger partial charge < -0.3 is 14.8 Å². The van der Waals surface area contributed by atoms with Crippen molar-refractivity contribution >= 4 is 50.7 Å². The molecule has 27 heavy (non-hydrogen) atoms. The molecule has 0 unspecified atom stereocenters.